The summed E-state index contributed by atoms with van der Waals surface area (Å²) in [5.74, 6) is -0.690. The smallest absolute Gasteiger partial charge is 0.185 e. The number of benzene rings is 3. The molecular formula is C29H22FN3O3. The van der Waals surface area contributed by atoms with E-state index < -0.39 is 29.2 Å². The van der Waals surface area contributed by atoms with Crippen molar-refractivity contribution in [1.82, 2.24) is 0 Å². The van der Waals surface area contributed by atoms with Crippen LogP contribution in [0.4, 0.5) is 10.1 Å². The highest BCUT2D eigenvalue weighted by Gasteiger charge is 2.63. The first-order chi connectivity index (χ1) is 17.5. The minimum absolute atomic E-state index is 0.290. The van der Waals surface area contributed by atoms with E-state index in [4.69, 9.17) is 9.47 Å². The van der Waals surface area contributed by atoms with Gasteiger partial charge < -0.3 is 14.4 Å². The van der Waals surface area contributed by atoms with Crippen molar-refractivity contribution < 1.29 is 18.7 Å². The number of ether oxygens (including phenoxy) is 2. The van der Waals surface area contributed by atoms with Crippen LogP contribution < -0.4 is 14.4 Å². The van der Waals surface area contributed by atoms with Crippen LogP contribution in [0, 0.1) is 33.9 Å². The Balaban J connectivity index is 1.80. The molecule has 2 heterocycles. The van der Waals surface area contributed by atoms with Crippen LogP contribution in [0.1, 0.15) is 27.4 Å². The molecule has 0 bridgehead atoms. The Kier molecular flexibility index (Phi) is 5.70. The van der Waals surface area contributed by atoms with Crippen molar-refractivity contribution in [3.8, 4) is 23.6 Å². The van der Waals surface area contributed by atoms with Crippen molar-refractivity contribution in [3.63, 3.8) is 0 Å². The molecule has 0 unspecified atom stereocenters. The van der Waals surface area contributed by atoms with Gasteiger partial charge >= 0.3 is 0 Å². The van der Waals surface area contributed by atoms with Gasteiger partial charge in [-0.25, -0.2) is 4.39 Å². The molecule has 2 aliphatic heterocycles. The lowest BCUT2D eigenvalue weighted by Crippen LogP contribution is -2.44. The number of nitrogens with zero attached hydrogens (tertiary/aromatic N) is 3. The Hall–Kier alpha value is -4.62. The van der Waals surface area contributed by atoms with Crippen molar-refractivity contribution in [1.29, 1.82) is 10.5 Å². The number of carbonyl (C=O) groups excluding carboxylic acids is 1. The van der Waals surface area contributed by atoms with Crippen LogP contribution in [0.3, 0.4) is 0 Å². The summed E-state index contributed by atoms with van der Waals surface area (Å²) in [4.78, 5) is 16.0. The van der Waals surface area contributed by atoms with E-state index in [9.17, 15) is 19.7 Å². The normalized spacial score (nSPS) is 21.0. The molecule has 0 saturated carbocycles. The summed E-state index contributed by atoms with van der Waals surface area (Å²) in [6.07, 6.45) is 3.70. The van der Waals surface area contributed by atoms with Gasteiger partial charge in [0.2, 0.25) is 0 Å². The van der Waals surface area contributed by atoms with Crippen LogP contribution in [0.5, 0.6) is 11.5 Å². The number of halogens is 1. The van der Waals surface area contributed by atoms with Gasteiger partial charge in [-0.05, 0) is 53.6 Å². The maximum absolute atomic E-state index is 14.2. The number of methoxy groups -OCH3 is 2. The zero-order chi connectivity index (χ0) is 25.4. The third-order valence-electron chi connectivity index (χ3n) is 7.05. The SMILES string of the molecule is COc1cc(OC)cc([C@@H]2[C@@H](C(=O)c3ccc(F)cc3)N3c4ccccc4C=C[C@@H]3C2(C#N)C#N)c1. The molecular weight excluding hydrogens is 457 g/mol. The van der Waals surface area contributed by atoms with E-state index in [1.165, 1.54) is 38.5 Å². The summed E-state index contributed by atoms with van der Waals surface area (Å²) in [5.41, 5.74) is 0.868. The van der Waals surface area contributed by atoms with Crippen molar-refractivity contribution in [2.45, 2.75) is 18.0 Å². The fraction of sp³-hybridized carbons (Fsp3) is 0.207. The highest BCUT2D eigenvalue weighted by molar-refractivity contribution is 6.04. The van der Waals surface area contributed by atoms with E-state index in [2.05, 4.69) is 12.1 Å². The lowest BCUT2D eigenvalue weighted by Gasteiger charge is -2.35. The van der Waals surface area contributed by atoms with Crippen molar-refractivity contribution >= 4 is 17.5 Å². The highest BCUT2D eigenvalue weighted by atomic mass is 19.1. The topological polar surface area (TPSA) is 86.3 Å². The lowest BCUT2D eigenvalue weighted by atomic mass is 9.69. The van der Waals surface area contributed by atoms with Gasteiger partial charge in [-0.2, -0.15) is 10.5 Å². The molecule has 0 N–H and O–H groups in total. The van der Waals surface area contributed by atoms with Crippen LogP contribution >= 0.6 is 0 Å². The van der Waals surface area contributed by atoms with Crippen LogP contribution in [0.25, 0.3) is 6.08 Å². The molecule has 36 heavy (non-hydrogen) atoms. The molecule has 0 aromatic heterocycles. The molecule has 6 nitrogen and oxygen atoms in total. The van der Waals surface area contributed by atoms with Gasteiger partial charge in [0, 0.05) is 23.2 Å². The number of hydrogen-bond acceptors (Lipinski definition) is 6. The average Bonchev–Trinajstić information content (AvgIpc) is 3.23. The maximum atomic E-state index is 14.2. The summed E-state index contributed by atoms with van der Waals surface area (Å²) in [6, 6.07) is 21.0. The second-order valence-corrected chi connectivity index (χ2v) is 8.80. The quantitative estimate of drug-likeness (QED) is 0.472. The standard InChI is InChI=1S/C29H22FN3O3/c1-35-22-13-20(14-23(15-22)36-2)26-27(28(34)19-7-10-21(30)11-8-19)33-24-6-4-3-5-18(24)9-12-25(33)29(26,16-31)17-32/h3-15,25-27H,1-2H3/t25-,26-,27+/m1/s1. The number of fused-ring (bicyclic) bond motifs is 3. The molecule has 2 aliphatic rings. The fourth-order valence-electron chi connectivity index (χ4n) is 5.40. The van der Waals surface area contributed by atoms with Crippen molar-refractivity contribution in [3.05, 3.63) is 95.3 Å². The van der Waals surface area contributed by atoms with Gasteiger partial charge in [0.1, 0.15) is 23.4 Å². The third-order valence-corrected chi connectivity index (χ3v) is 7.05. The molecule has 3 aromatic carbocycles. The second kappa shape index (κ2) is 8.87. The van der Waals surface area contributed by atoms with Crippen LogP contribution in [0.15, 0.2) is 72.8 Å². The van der Waals surface area contributed by atoms with E-state index in [1.807, 2.05) is 41.3 Å². The molecule has 178 valence electrons. The fourth-order valence-corrected chi connectivity index (χ4v) is 5.40. The van der Waals surface area contributed by atoms with Crippen molar-refractivity contribution in [2.24, 2.45) is 5.41 Å². The van der Waals surface area contributed by atoms with E-state index in [0.29, 0.717) is 22.6 Å². The maximum Gasteiger partial charge on any atom is 0.185 e. The Labute approximate surface area is 208 Å². The number of ketones is 1. The Morgan fingerprint density at radius 1 is 0.972 bits per heavy atom. The Morgan fingerprint density at radius 3 is 2.22 bits per heavy atom. The monoisotopic (exact) mass is 479 g/mol. The molecule has 3 aromatic rings. The molecule has 5 rings (SSSR count). The van der Waals surface area contributed by atoms with Crippen LogP contribution in [-0.2, 0) is 0 Å². The first kappa shape index (κ1) is 23.1. The van der Waals surface area contributed by atoms with E-state index in [-0.39, 0.29) is 5.78 Å². The number of rotatable bonds is 5. The molecule has 1 fully saturated rings. The van der Waals surface area contributed by atoms with Gasteiger partial charge in [-0.15, -0.1) is 0 Å². The Morgan fingerprint density at radius 2 is 1.61 bits per heavy atom. The van der Waals surface area contributed by atoms with Crippen molar-refractivity contribution in [2.75, 3.05) is 19.1 Å². The minimum atomic E-state index is -1.61. The number of para-hydroxylation sites is 1. The minimum Gasteiger partial charge on any atom is -0.497 e. The van der Waals surface area contributed by atoms with Gasteiger partial charge in [0.05, 0.1) is 32.4 Å². The number of hydrogen-bond donors (Lipinski definition) is 0. The molecule has 1 saturated heterocycles. The van der Waals surface area contributed by atoms with Gasteiger partial charge in [-0.3, -0.25) is 4.79 Å². The van der Waals surface area contributed by atoms with Crippen LogP contribution in [0.2, 0.25) is 0 Å². The van der Waals surface area contributed by atoms with Gasteiger partial charge in [0.25, 0.3) is 0 Å². The number of carbonyl (C=O) groups is 1. The van der Waals surface area contributed by atoms with Crippen LogP contribution in [-0.4, -0.2) is 32.1 Å². The second-order valence-electron chi connectivity index (χ2n) is 8.80. The van der Waals surface area contributed by atoms with E-state index >= 15 is 0 Å². The largest absolute Gasteiger partial charge is 0.497 e. The summed E-state index contributed by atoms with van der Waals surface area (Å²) < 4.78 is 24.6. The molecule has 3 atom stereocenters. The lowest BCUT2D eigenvalue weighted by molar-refractivity contribution is 0.0950. The summed E-state index contributed by atoms with van der Waals surface area (Å²) >= 11 is 0. The number of anilines is 1. The molecule has 0 aliphatic carbocycles. The molecule has 7 heteroatoms. The van der Waals surface area contributed by atoms with Gasteiger partial charge in [0.15, 0.2) is 11.2 Å². The first-order valence-corrected chi connectivity index (χ1v) is 11.4. The van der Waals surface area contributed by atoms with E-state index in [0.717, 1.165) is 11.3 Å². The summed E-state index contributed by atoms with van der Waals surface area (Å²) in [7, 11) is 3.02. The average molecular weight is 480 g/mol. The van der Waals surface area contributed by atoms with Gasteiger partial charge in [-0.1, -0.05) is 30.4 Å². The molecule has 0 radical (unpaired) electrons. The summed E-state index contributed by atoms with van der Waals surface area (Å²) in [5, 5.41) is 21.1. The number of nitriles is 2. The Bertz CT molecular complexity index is 1420. The molecule has 0 amide bonds. The number of Topliss-reactive ketones (excluding diaryl/α,β-unsaturated/α-hetero) is 1. The molecule has 0 spiro atoms. The first-order valence-electron chi connectivity index (χ1n) is 11.4. The predicted molar refractivity (Wildman–Crippen MR) is 132 cm³/mol. The zero-order valence-corrected chi connectivity index (χ0v) is 19.7. The zero-order valence-electron chi connectivity index (χ0n) is 19.7. The van der Waals surface area contributed by atoms with E-state index in [1.54, 1.807) is 18.2 Å². The highest BCUT2D eigenvalue weighted by Crippen LogP contribution is 2.56. The predicted octanol–water partition coefficient (Wildman–Crippen LogP) is 5.13. The third kappa shape index (κ3) is 3.40. The summed E-state index contributed by atoms with van der Waals surface area (Å²) in [6.45, 7) is 0.